The number of carbonyl (C=O) groups is 1. The Kier molecular flexibility index (Phi) is 3.55. The Morgan fingerprint density at radius 2 is 2.00 bits per heavy atom. The summed E-state index contributed by atoms with van der Waals surface area (Å²) >= 11 is 0. The molecular weight excluding hydrogens is 270 g/mol. The summed E-state index contributed by atoms with van der Waals surface area (Å²) in [7, 11) is 0. The summed E-state index contributed by atoms with van der Waals surface area (Å²) in [5.41, 5.74) is 2.25. The average molecular weight is 283 g/mol. The molecule has 1 heterocycles. The smallest absolute Gasteiger partial charge is 0.306 e. The molecule has 0 bridgehead atoms. The maximum absolute atomic E-state index is 10.5. The minimum atomic E-state index is -0.887. The third kappa shape index (κ3) is 3.02. The van der Waals surface area contributed by atoms with Gasteiger partial charge in [0.1, 0.15) is 11.3 Å². The van der Waals surface area contributed by atoms with Gasteiger partial charge in [0, 0.05) is 11.6 Å². The zero-order chi connectivity index (χ0) is 14.7. The molecule has 0 spiro atoms. The van der Waals surface area contributed by atoms with Crippen molar-refractivity contribution in [1.29, 1.82) is 0 Å². The lowest BCUT2D eigenvalue weighted by atomic mass is 10.2. The van der Waals surface area contributed by atoms with Crippen LogP contribution < -0.4 is 4.74 Å². The molecule has 0 aliphatic carbocycles. The van der Waals surface area contributed by atoms with Gasteiger partial charge in [0.2, 0.25) is 5.89 Å². The second kappa shape index (κ2) is 5.66. The van der Waals surface area contributed by atoms with Crippen molar-refractivity contribution in [1.82, 2.24) is 4.98 Å². The van der Waals surface area contributed by atoms with E-state index in [9.17, 15) is 4.79 Å². The Bertz CT molecular complexity index is 764. The zero-order valence-corrected chi connectivity index (χ0v) is 11.2. The first-order chi connectivity index (χ1) is 10.2. The summed E-state index contributed by atoms with van der Waals surface area (Å²) in [5, 5.41) is 8.58. The number of carboxylic acids is 1. The van der Waals surface area contributed by atoms with Crippen LogP contribution in [0.5, 0.6) is 5.75 Å². The normalized spacial score (nSPS) is 10.7. The molecule has 0 amide bonds. The van der Waals surface area contributed by atoms with Gasteiger partial charge >= 0.3 is 5.97 Å². The molecule has 21 heavy (non-hydrogen) atoms. The molecule has 0 saturated heterocycles. The third-order valence-electron chi connectivity index (χ3n) is 2.97. The van der Waals surface area contributed by atoms with Gasteiger partial charge in [-0.2, -0.15) is 0 Å². The Labute approximate surface area is 120 Å². The Balaban J connectivity index is 1.83. The van der Waals surface area contributed by atoms with Crippen molar-refractivity contribution in [2.24, 2.45) is 0 Å². The molecule has 0 saturated carbocycles. The van der Waals surface area contributed by atoms with E-state index in [1.807, 2.05) is 30.3 Å². The first kappa shape index (κ1) is 13.2. The minimum absolute atomic E-state index is 0.0380. The Morgan fingerprint density at radius 1 is 1.19 bits per heavy atom. The van der Waals surface area contributed by atoms with Gasteiger partial charge < -0.3 is 14.3 Å². The summed E-state index contributed by atoms with van der Waals surface area (Å²) in [6, 6.07) is 14.9. The number of oxazole rings is 1. The van der Waals surface area contributed by atoms with Crippen LogP contribution in [0.2, 0.25) is 0 Å². The number of rotatable bonds is 5. The van der Waals surface area contributed by atoms with Crippen LogP contribution in [0.3, 0.4) is 0 Å². The average Bonchev–Trinajstić information content (AvgIpc) is 2.91. The van der Waals surface area contributed by atoms with Gasteiger partial charge in [-0.05, 0) is 24.3 Å². The number of aliphatic carboxylic acids is 1. The van der Waals surface area contributed by atoms with Crippen molar-refractivity contribution >= 4 is 17.1 Å². The molecule has 0 atom stereocenters. The predicted octanol–water partition coefficient (Wildman–Crippen LogP) is 3.35. The first-order valence-electron chi connectivity index (χ1n) is 6.53. The first-order valence-corrected chi connectivity index (χ1v) is 6.53. The van der Waals surface area contributed by atoms with E-state index < -0.39 is 5.97 Å². The van der Waals surface area contributed by atoms with E-state index >= 15 is 0 Å². The Morgan fingerprint density at radius 3 is 2.76 bits per heavy atom. The van der Waals surface area contributed by atoms with Crippen LogP contribution in [0.15, 0.2) is 52.9 Å². The fourth-order valence-corrected chi connectivity index (χ4v) is 1.96. The van der Waals surface area contributed by atoms with E-state index in [0.29, 0.717) is 17.2 Å². The van der Waals surface area contributed by atoms with Crippen molar-refractivity contribution in [3.63, 3.8) is 0 Å². The summed E-state index contributed by atoms with van der Waals surface area (Å²) < 4.78 is 11.1. The molecule has 0 radical (unpaired) electrons. The molecular formula is C16H13NO4. The molecule has 106 valence electrons. The highest BCUT2D eigenvalue weighted by atomic mass is 16.5. The van der Waals surface area contributed by atoms with Crippen molar-refractivity contribution in [3.05, 3.63) is 48.5 Å². The molecule has 0 unspecified atom stereocenters. The predicted molar refractivity (Wildman–Crippen MR) is 77.2 cm³/mol. The largest absolute Gasteiger partial charge is 0.493 e. The van der Waals surface area contributed by atoms with Crippen LogP contribution in [-0.4, -0.2) is 22.7 Å². The van der Waals surface area contributed by atoms with Crippen LogP contribution in [0, 0.1) is 0 Å². The fourth-order valence-electron chi connectivity index (χ4n) is 1.96. The van der Waals surface area contributed by atoms with Gasteiger partial charge in [0.15, 0.2) is 5.58 Å². The molecule has 5 heteroatoms. The molecule has 3 rings (SSSR count). The quantitative estimate of drug-likeness (QED) is 0.777. The van der Waals surface area contributed by atoms with Gasteiger partial charge in [-0.25, -0.2) is 4.98 Å². The van der Waals surface area contributed by atoms with Crippen LogP contribution in [0.4, 0.5) is 0 Å². The van der Waals surface area contributed by atoms with Crippen LogP contribution >= 0.6 is 0 Å². The summed E-state index contributed by atoms with van der Waals surface area (Å²) in [5.74, 6) is 0.231. The number of aromatic nitrogens is 1. The van der Waals surface area contributed by atoms with Crippen LogP contribution in [0.25, 0.3) is 22.6 Å². The molecule has 2 aromatic carbocycles. The summed E-state index contributed by atoms with van der Waals surface area (Å²) in [4.78, 5) is 14.9. The van der Waals surface area contributed by atoms with Gasteiger partial charge in [0.05, 0.1) is 13.0 Å². The van der Waals surface area contributed by atoms with E-state index in [4.69, 9.17) is 14.3 Å². The van der Waals surface area contributed by atoms with Crippen molar-refractivity contribution in [3.8, 4) is 17.2 Å². The number of nitrogens with zero attached hydrogens (tertiary/aromatic N) is 1. The summed E-state index contributed by atoms with van der Waals surface area (Å²) in [6.07, 6.45) is -0.0380. The van der Waals surface area contributed by atoms with E-state index in [-0.39, 0.29) is 13.0 Å². The van der Waals surface area contributed by atoms with E-state index in [2.05, 4.69) is 4.98 Å². The van der Waals surface area contributed by atoms with Gasteiger partial charge in [-0.15, -0.1) is 0 Å². The number of benzene rings is 2. The maximum atomic E-state index is 10.5. The van der Waals surface area contributed by atoms with Gasteiger partial charge in [0.25, 0.3) is 0 Å². The fraction of sp³-hybridized carbons (Fsp3) is 0.125. The zero-order valence-electron chi connectivity index (χ0n) is 11.2. The maximum Gasteiger partial charge on any atom is 0.306 e. The monoisotopic (exact) mass is 283 g/mol. The van der Waals surface area contributed by atoms with E-state index in [0.717, 1.165) is 11.1 Å². The van der Waals surface area contributed by atoms with Crippen LogP contribution in [-0.2, 0) is 4.79 Å². The topological polar surface area (TPSA) is 72.6 Å². The third-order valence-corrected chi connectivity index (χ3v) is 2.97. The minimum Gasteiger partial charge on any atom is -0.493 e. The molecule has 1 N–H and O–H groups in total. The van der Waals surface area contributed by atoms with E-state index in [1.54, 1.807) is 18.2 Å². The molecule has 0 aliphatic rings. The molecule has 1 aromatic heterocycles. The summed E-state index contributed by atoms with van der Waals surface area (Å²) in [6.45, 7) is 0.126. The molecule has 0 fully saturated rings. The highest BCUT2D eigenvalue weighted by Crippen LogP contribution is 2.26. The number of carboxylic acid groups (broad SMARTS) is 1. The standard InChI is InChI=1S/C16H13NO4/c18-15(19)8-9-20-12-6-7-13-14(10-12)21-16(17-13)11-4-2-1-3-5-11/h1-7,10H,8-9H2,(H,18,19). The highest BCUT2D eigenvalue weighted by Gasteiger charge is 2.09. The van der Waals surface area contributed by atoms with Crippen molar-refractivity contribution < 1.29 is 19.1 Å². The molecule has 0 aliphatic heterocycles. The van der Waals surface area contributed by atoms with Crippen molar-refractivity contribution in [2.45, 2.75) is 6.42 Å². The number of hydrogen-bond donors (Lipinski definition) is 1. The molecule has 5 nitrogen and oxygen atoms in total. The second-order valence-corrected chi connectivity index (χ2v) is 4.51. The van der Waals surface area contributed by atoms with Gasteiger partial charge in [-0.3, -0.25) is 4.79 Å². The van der Waals surface area contributed by atoms with Crippen molar-refractivity contribution in [2.75, 3.05) is 6.61 Å². The number of hydrogen-bond acceptors (Lipinski definition) is 4. The SMILES string of the molecule is O=C(O)CCOc1ccc2nc(-c3ccccc3)oc2c1. The van der Waals surface area contributed by atoms with Crippen LogP contribution in [0.1, 0.15) is 6.42 Å². The number of fused-ring (bicyclic) bond motifs is 1. The number of ether oxygens (including phenoxy) is 1. The lowest BCUT2D eigenvalue weighted by Gasteiger charge is -2.03. The van der Waals surface area contributed by atoms with E-state index in [1.165, 1.54) is 0 Å². The Hall–Kier alpha value is -2.82. The van der Waals surface area contributed by atoms with Gasteiger partial charge in [-0.1, -0.05) is 18.2 Å². The lowest BCUT2D eigenvalue weighted by molar-refractivity contribution is -0.137. The highest BCUT2D eigenvalue weighted by molar-refractivity contribution is 5.77. The second-order valence-electron chi connectivity index (χ2n) is 4.51. The lowest BCUT2D eigenvalue weighted by Crippen LogP contribution is -2.04. The molecule has 3 aromatic rings.